The maximum Gasteiger partial charge on any atom is 0.326 e. The molecule has 10 N–H and O–H groups in total. The van der Waals surface area contributed by atoms with E-state index in [1.165, 1.54) is 19.4 Å². The number of aromatic amines is 1. The van der Waals surface area contributed by atoms with Gasteiger partial charge in [0.05, 0.1) is 19.0 Å². The maximum absolute atomic E-state index is 12.6. The number of nitrogens with zero attached hydrogens (tertiary/aromatic N) is 1. The summed E-state index contributed by atoms with van der Waals surface area (Å²) in [4.78, 5) is 54.7. The highest BCUT2D eigenvalue weighted by Crippen LogP contribution is 2.02. The molecular weight excluding hydrogens is 410 g/mol. The zero-order valence-electron chi connectivity index (χ0n) is 17.3. The number of H-pyrrole nitrogens is 1. The molecule has 3 amide bonds. The van der Waals surface area contributed by atoms with Crippen LogP contribution in [0, 0.1) is 0 Å². The van der Waals surface area contributed by atoms with E-state index in [0.717, 1.165) is 0 Å². The molecule has 0 bridgehead atoms. The largest absolute Gasteiger partial charge is 0.480 e. The van der Waals surface area contributed by atoms with Crippen molar-refractivity contribution in [3.05, 3.63) is 18.2 Å². The molecular formula is C18H31N7O6. The van der Waals surface area contributed by atoms with Gasteiger partial charge in [0, 0.05) is 18.3 Å². The summed E-state index contributed by atoms with van der Waals surface area (Å²) in [5.41, 5.74) is 11.5. The lowest BCUT2D eigenvalue weighted by molar-refractivity contribution is -0.142. The monoisotopic (exact) mass is 441 g/mol. The number of aromatic nitrogens is 2. The first-order chi connectivity index (χ1) is 14.6. The molecule has 0 radical (unpaired) electrons. The first kappa shape index (κ1) is 26.0. The molecule has 0 spiro atoms. The minimum Gasteiger partial charge on any atom is -0.480 e. The number of unbranched alkanes of at least 4 members (excludes halogenated alkanes) is 1. The number of carboxylic acids is 1. The fourth-order valence-corrected chi connectivity index (χ4v) is 2.60. The smallest absolute Gasteiger partial charge is 0.326 e. The second-order valence-corrected chi connectivity index (χ2v) is 7.07. The Morgan fingerprint density at radius 1 is 1.16 bits per heavy atom. The number of aliphatic carboxylic acids is 1. The van der Waals surface area contributed by atoms with E-state index >= 15 is 0 Å². The summed E-state index contributed by atoms with van der Waals surface area (Å²) in [7, 11) is 0. The van der Waals surface area contributed by atoms with Crippen molar-refractivity contribution in [3.63, 3.8) is 0 Å². The topological polar surface area (TPSA) is 226 Å². The predicted molar refractivity (Wildman–Crippen MR) is 109 cm³/mol. The zero-order chi connectivity index (χ0) is 23.4. The van der Waals surface area contributed by atoms with E-state index in [-0.39, 0.29) is 12.8 Å². The van der Waals surface area contributed by atoms with Crippen molar-refractivity contribution >= 4 is 23.7 Å². The molecule has 4 atom stereocenters. The van der Waals surface area contributed by atoms with Crippen LogP contribution in [0.3, 0.4) is 0 Å². The number of imidazole rings is 1. The number of aliphatic hydroxyl groups is 1. The number of aliphatic hydroxyl groups excluding tert-OH is 1. The molecule has 1 aromatic rings. The minimum atomic E-state index is -1.25. The van der Waals surface area contributed by atoms with Crippen LogP contribution in [0.2, 0.25) is 0 Å². The number of carbonyl (C=O) groups excluding carboxylic acids is 3. The molecule has 13 heteroatoms. The second kappa shape index (κ2) is 13.3. The highest BCUT2D eigenvalue weighted by Gasteiger charge is 2.27. The molecule has 1 rings (SSSR count). The molecule has 0 fully saturated rings. The third-order valence-corrected chi connectivity index (χ3v) is 4.44. The summed E-state index contributed by atoms with van der Waals surface area (Å²) in [6.07, 6.45) is 3.13. The molecule has 0 aromatic carbocycles. The number of nitrogens with two attached hydrogens (primary N) is 2. The first-order valence-corrected chi connectivity index (χ1v) is 9.86. The summed E-state index contributed by atoms with van der Waals surface area (Å²) in [6.45, 7) is 1.26. The second-order valence-electron chi connectivity index (χ2n) is 7.07. The van der Waals surface area contributed by atoms with Gasteiger partial charge in [-0.05, 0) is 32.7 Å². The van der Waals surface area contributed by atoms with Gasteiger partial charge >= 0.3 is 5.97 Å². The van der Waals surface area contributed by atoms with Crippen LogP contribution in [0.25, 0.3) is 0 Å². The van der Waals surface area contributed by atoms with E-state index in [0.29, 0.717) is 25.1 Å². The van der Waals surface area contributed by atoms with Gasteiger partial charge in [0.25, 0.3) is 0 Å². The highest BCUT2D eigenvalue weighted by atomic mass is 16.4. The van der Waals surface area contributed by atoms with Gasteiger partial charge in [-0.25, -0.2) is 9.78 Å². The third kappa shape index (κ3) is 9.55. The standard InChI is InChI=1S/C18H31N7O6/c1-10(26)15(20)17(29)25-13(6-11-7-21-9-23-11)16(28)22-8-14(27)24-12(18(30)31)4-2-3-5-19/h7,9-10,12-13,15,26H,2-6,8,19-20H2,1H3,(H,21,23)(H,22,28)(H,24,27)(H,25,29)(H,30,31). The Balaban J connectivity index is 2.68. The van der Waals surface area contributed by atoms with Crippen LogP contribution < -0.4 is 27.4 Å². The Bertz CT molecular complexity index is 725. The molecule has 31 heavy (non-hydrogen) atoms. The van der Waals surface area contributed by atoms with Crippen LogP contribution in [0.15, 0.2) is 12.5 Å². The number of carboxylic acid groups (broad SMARTS) is 1. The molecule has 0 aliphatic carbocycles. The molecule has 174 valence electrons. The number of amides is 3. The number of rotatable bonds is 14. The lowest BCUT2D eigenvalue weighted by atomic mass is 10.1. The molecule has 0 aliphatic heterocycles. The fourth-order valence-electron chi connectivity index (χ4n) is 2.60. The van der Waals surface area contributed by atoms with Gasteiger partial charge in [-0.15, -0.1) is 0 Å². The normalized spacial score (nSPS) is 14.7. The zero-order valence-corrected chi connectivity index (χ0v) is 17.3. The summed E-state index contributed by atoms with van der Waals surface area (Å²) in [6, 6.07) is -3.45. The van der Waals surface area contributed by atoms with E-state index < -0.39 is 54.5 Å². The van der Waals surface area contributed by atoms with Gasteiger partial charge in [0.2, 0.25) is 17.7 Å². The van der Waals surface area contributed by atoms with Crippen molar-refractivity contribution in [1.82, 2.24) is 25.9 Å². The quantitative estimate of drug-likeness (QED) is 0.137. The van der Waals surface area contributed by atoms with Crippen molar-refractivity contribution in [2.24, 2.45) is 11.5 Å². The summed E-state index contributed by atoms with van der Waals surface area (Å²) >= 11 is 0. The van der Waals surface area contributed by atoms with Crippen molar-refractivity contribution in [2.45, 2.75) is 56.8 Å². The fraction of sp³-hybridized carbons (Fsp3) is 0.611. The van der Waals surface area contributed by atoms with Crippen LogP contribution in [-0.4, -0.2) is 81.2 Å². The SMILES string of the molecule is CC(O)C(N)C(=O)NC(Cc1cnc[nH]1)C(=O)NCC(=O)NC(CCCCN)C(=O)O. The van der Waals surface area contributed by atoms with Crippen LogP contribution in [0.4, 0.5) is 0 Å². The Hall–Kier alpha value is -3.03. The number of hydrogen-bond donors (Lipinski definition) is 8. The number of nitrogens with one attached hydrogen (secondary N) is 4. The molecule has 0 saturated heterocycles. The summed E-state index contributed by atoms with van der Waals surface area (Å²) in [5.74, 6) is -3.31. The van der Waals surface area contributed by atoms with Gasteiger partial charge in [0.15, 0.2) is 0 Å². The van der Waals surface area contributed by atoms with Gasteiger partial charge in [0.1, 0.15) is 18.1 Å². The maximum atomic E-state index is 12.6. The van der Waals surface area contributed by atoms with E-state index in [4.69, 9.17) is 11.5 Å². The summed E-state index contributed by atoms with van der Waals surface area (Å²) in [5, 5.41) is 25.8. The van der Waals surface area contributed by atoms with Crippen LogP contribution in [0.1, 0.15) is 31.9 Å². The molecule has 1 heterocycles. The van der Waals surface area contributed by atoms with E-state index in [1.807, 2.05) is 0 Å². The van der Waals surface area contributed by atoms with Crippen LogP contribution >= 0.6 is 0 Å². The number of carbonyl (C=O) groups is 4. The predicted octanol–water partition coefficient (Wildman–Crippen LogP) is -3.04. The van der Waals surface area contributed by atoms with Gasteiger partial charge in [-0.1, -0.05) is 0 Å². The lowest BCUT2D eigenvalue weighted by Gasteiger charge is -2.21. The molecule has 0 saturated carbocycles. The molecule has 4 unspecified atom stereocenters. The van der Waals surface area contributed by atoms with E-state index in [1.54, 1.807) is 0 Å². The van der Waals surface area contributed by atoms with Gasteiger partial charge in [-0.3, -0.25) is 14.4 Å². The van der Waals surface area contributed by atoms with Crippen LogP contribution in [0.5, 0.6) is 0 Å². The first-order valence-electron chi connectivity index (χ1n) is 9.86. The van der Waals surface area contributed by atoms with Crippen molar-refractivity contribution < 1.29 is 29.4 Å². The Labute approximate surface area is 179 Å². The highest BCUT2D eigenvalue weighted by molar-refractivity contribution is 5.92. The minimum absolute atomic E-state index is 0.0303. The van der Waals surface area contributed by atoms with E-state index in [9.17, 15) is 29.4 Å². The molecule has 13 nitrogen and oxygen atoms in total. The average Bonchev–Trinajstić information content (AvgIpc) is 3.23. The van der Waals surface area contributed by atoms with E-state index in [2.05, 4.69) is 25.9 Å². The Morgan fingerprint density at radius 2 is 1.87 bits per heavy atom. The van der Waals surface area contributed by atoms with Crippen molar-refractivity contribution in [1.29, 1.82) is 0 Å². The van der Waals surface area contributed by atoms with Crippen molar-refractivity contribution in [2.75, 3.05) is 13.1 Å². The summed E-state index contributed by atoms with van der Waals surface area (Å²) < 4.78 is 0. The Morgan fingerprint density at radius 3 is 2.42 bits per heavy atom. The number of hydrogen-bond acceptors (Lipinski definition) is 8. The van der Waals surface area contributed by atoms with Crippen molar-refractivity contribution in [3.8, 4) is 0 Å². The molecule has 0 aliphatic rings. The Kier molecular flexibility index (Phi) is 11.2. The third-order valence-electron chi connectivity index (χ3n) is 4.44. The molecule has 1 aromatic heterocycles. The van der Waals surface area contributed by atoms with Crippen LogP contribution in [-0.2, 0) is 25.6 Å². The lowest BCUT2D eigenvalue weighted by Crippen LogP contribution is -2.56. The average molecular weight is 441 g/mol. The van der Waals surface area contributed by atoms with Gasteiger partial charge < -0.3 is 42.6 Å². The van der Waals surface area contributed by atoms with Gasteiger partial charge in [-0.2, -0.15) is 0 Å².